The smallest absolute Gasteiger partial charge is 0.289 e. The molecule has 0 atom stereocenters. The predicted molar refractivity (Wildman–Crippen MR) is 51.1 cm³/mol. The number of carbonyl (C=O) groups is 2. The van der Waals surface area contributed by atoms with E-state index in [1.807, 2.05) is 0 Å². The van der Waals surface area contributed by atoms with Crippen LogP contribution in [-0.4, -0.2) is 49.7 Å². The maximum atomic E-state index is 11.2. The summed E-state index contributed by atoms with van der Waals surface area (Å²) in [6.45, 7) is 3.67. The summed E-state index contributed by atoms with van der Waals surface area (Å²) >= 11 is 0. The van der Waals surface area contributed by atoms with Gasteiger partial charge in [-0.2, -0.15) is 0 Å². The van der Waals surface area contributed by atoms with Crippen molar-refractivity contribution in [2.45, 2.75) is 6.42 Å². The number of carbonyl (C=O) groups excluding carboxylic acids is 2. The number of hydrogen-bond acceptors (Lipinski definition) is 3. The Labute approximate surface area is 78.8 Å². The minimum absolute atomic E-state index is 0.0873. The molecule has 0 spiro atoms. The molecule has 0 saturated heterocycles. The molecule has 0 N–H and O–H groups in total. The molecule has 0 aliphatic rings. The molecule has 0 fully saturated rings. The van der Waals surface area contributed by atoms with E-state index < -0.39 is 11.7 Å². The number of nitrogens with zero attached hydrogens (tertiary/aromatic N) is 2. The van der Waals surface area contributed by atoms with Gasteiger partial charge in [0.15, 0.2) is 0 Å². The minimum atomic E-state index is -0.483. The molecule has 13 heavy (non-hydrogen) atoms. The number of allylic oxidation sites excluding steroid dienone is 1. The third-order valence-corrected chi connectivity index (χ3v) is 1.64. The van der Waals surface area contributed by atoms with Gasteiger partial charge in [-0.1, -0.05) is 6.58 Å². The lowest BCUT2D eigenvalue weighted by Crippen LogP contribution is -2.31. The van der Waals surface area contributed by atoms with Crippen LogP contribution in [0.1, 0.15) is 6.42 Å². The quantitative estimate of drug-likeness (QED) is 0.582. The summed E-state index contributed by atoms with van der Waals surface area (Å²) < 4.78 is 0. The predicted octanol–water partition coefficient (Wildman–Crippen LogP) is 0.109. The Balaban J connectivity index is 4.17. The molecule has 0 heterocycles. The van der Waals surface area contributed by atoms with Gasteiger partial charge in [0.25, 0.3) is 5.91 Å². The SMILES string of the molecule is C=C(CC(=O)C(=O)N(C)C)N(C)C. The topological polar surface area (TPSA) is 40.6 Å². The first-order valence-corrected chi connectivity index (χ1v) is 3.95. The monoisotopic (exact) mass is 184 g/mol. The Hall–Kier alpha value is -1.32. The van der Waals surface area contributed by atoms with Crippen LogP contribution in [0.25, 0.3) is 0 Å². The maximum absolute atomic E-state index is 11.2. The van der Waals surface area contributed by atoms with Gasteiger partial charge in [-0.05, 0) is 0 Å². The summed E-state index contributed by atoms with van der Waals surface area (Å²) in [5.41, 5.74) is 0.639. The number of Topliss-reactive ketones (excluding diaryl/α,β-unsaturated/α-hetero) is 1. The zero-order chi connectivity index (χ0) is 10.6. The highest BCUT2D eigenvalue weighted by Gasteiger charge is 2.16. The number of ketones is 1. The number of amides is 1. The summed E-state index contributed by atoms with van der Waals surface area (Å²) in [7, 11) is 6.68. The molecule has 4 heteroatoms. The first-order chi connectivity index (χ1) is 5.86. The van der Waals surface area contributed by atoms with Crippen molar-refractivity contribution < 1.29 is 9.59 Å². The fourth-order valence-corrected chi connectivity index (χ4v) is 0.668. The molecule has 0 unspecified atom stereocenters. The van der Waals surface area contributed by atoms with Gasteiger partial charge in [-0.3, -0.25) is 9.59 Å². The van der Waals surface area contributed by atoms with Crippen molar-refractivity contribution in [3.8, 4) is 0 Å². The Morgan fingerprint density at radius 1 is 1.08 bits per heavy atom. The van der Waals surface area contributed by atoms with Crippen LogP contribution in [0.3, 0.4) is 0 Å². The molecule has 0 rings (SSSR count). The third kappa shape index (κ3) is 3.73. The van der Waals surface area contributed by atoms with E-state index in [2.05, 4.69) is 6.58 Å². The Morgan fingerprint density at radius 3 is 1.85 bits per heavy atom. The van der Waals surface area contributed by atoms with Gasteiger partial charge >= 0.3 is 0 Å². The fourth-order valence-electron chi connectivity index (χ4n) is 0.668. The first kappa shape index (κ1) is 11.7. The van der Waals surface area contributed by atoms with Crippen LogP contribution in [-0.2, 0) is 9.59 Å². The number of rotatable bonds is 4. The van der Waals surface area contributed by atoms with Crippen molar-refractivity contribution >= 4 is 11.7 Å². The van der Waals surface area contributed by atoms with E-state index in [-0.39, 0.29) is 6.42 Å². The lowest BCUT2D eigenvalue weighted by molar-refractivity contribution is -0.142. The molecule has 0 saturated carbocycles. The molecule has 0 aromatic heterocycles. The van der Waals surface area contributed by atoms with Crippen molar-refractivity contribution in [3.05, 3.63) is 12.3 Å². The van der Waals surface area contributed by atoms with Crippen LogP contribution in [0, 0.1) is 0 Å². The van der Waals surface area contributed by atoms with E-state index in [1.54, 1.807) is 33.1 Å². The van der Waals surface area contributed by atoms with Crippen molar-refractivity contribution in [2.75, 3.05) is 28.2 Å². The highest BCUT2D eigenvalue weighted by molar-refractivity contribution is 6.36. The molecular formula is C9H16N2O2. The van der Waals surface area contributed by atoms with Gasteiger partial charge in [-0.25, -0.2) is 0 Å². The molecule has 0 bridgehead atoms. The molecule has 0 aliphatic heterocycles. The lowest BCUT2D eigenvalue weighted by Gasteiger charge is -2.15. The van der Waals surface area contributed by atoms with Gasteiger partial charge < -0.3 is 9.80 Å². The van der Waals surface area contributed by atoms with E-state index in [4.69, 9.17) is 0 Å². The number of likely N-dealkylation sites (N-methyl/N-ethyl adjacent to an activating group) is 1. The van der Waals surface area contributed by atoms with Crippen LogP contribution >= 0.6 is 0 Å². The Bertz CT molecular complexity index is 232. The van der Waals surface area contributed by atoms with Crippen LogP contribution in [0.5, 0.6) is 0 Å². The second kappa shape index (κ2) is 4.64. The van der Waals surface area contributed by atoms with Crippen molar-refractivity contribution in [3.63, 3.8) is 0 Å². The highest BCUT2D eigenvalue weighted by atomic mass is 16.2. The van der Waals surface area contributed by atoms with Gasteiger partial charge in [0.1, 0.15) is 0 Å². The summed E-state index contributed by atoms with van der Waals surface area (Å²) in [6, 6.07) is 0. The van der Waals surface area contributed by atoms with Gasteiger partial charge in [-0.15, -0.1) is 0 Å². The van der Waals surface area contributed by atoms with Crippen LogP contribution in [0.4, 0.5) is 0 Å². The van der Waals surface area contributed by atoms with E-state index in [0.29, 0.717) is 5.70 Å². The molecule has 4 nitrogen and oxygen atoms in total. The fraction of sp³-hybridized carbons (Fsp3) is 0.556. The molecule has 0 radical (unpaired) electrons. The summed E-state index contributed by atoms with van der Waals surface area (Å²) in [6.07, 6.45) is 0.0873. The van der Waals surface area contributed by atoms with Crippen LogP contribution in [0.15, 0.2) is 12.3 Å². The molecule has 0 aliphatic carbocycles. The zero-order valence-corrected chi connectivity index (χ0v) is 8.63. The Morgan fingerprint density at radius 2 is 1.54 bits per heavy atom. The molecule has 74 valence electrons. The second-order valence-corrected chi connectivity index (χ2v) is 3.26. The van der Waals surface area contributed by atoms with Gasteiger partial charge in [0, 0.05) is 33.9 Å². The molecule has 0 aromatic carbocycles. The average molecular weight is 184 g/mol. The largest absolute Gasteiger partial charge is 0.381 e. The van der Waals surface area contributed by atoms with E-state index >= 15 is 0 Å². The third-order valence-electron chi connectivity index (χ3n) is 1.64. The standard InChI is InChI=1S/C9H16N2O2/c1-7(10(2)3)6-8(12)9(13)11(4)5/h1,6H2,2-5H3. The van der Waals surface area contributed by atoms with Crippen molar-refractivity contribution in [2.24, 2.45) is 0 Å². The summed E-state index contributed by atoms with van der Waals surface area (Å²) in [5, 5.41) is 0. The van der Waals surface area contributed by atoms with E-state index in [1.165, 1.54) is 4.90 Å². The normalized spacial score (nSPS) is 9.23. The molecule has 1 amide bonds. The lowest BCUT2D eigenvalue weighted by atomic mass is 10.2. The van der Waals surface area contributed by atoms with Crippen LogP contribution in [0.2, 0.25) is 0 Å². The second-order valence-electron chi connectivity index (χ2n) is 3.26. The Kier molecular flexibility index (Phi) is 4.17. The van der Waals surface area contributed by atoms with Crippen molar-refractivity contribution in [1.29, 1.82) is 0 Å². The molecule has 0 aromatic rings. The van der Waals surface area contributed by atoms with Gasteiger partial charge in [0.2, 0.25) is 5.78 Å². The van der Waals surface area contributed by atoms with E-state index in [0.717, 1.165) is 0 Å². The minimum Gasteiger partial charge on any atom is -0.381 e. The van der Waals surface area contributed by atoms with Gasteiger partial charge in [0.05, 0.1) is 6.42 Å². The summed E-state index contributed by atoms with van der Waals surface area (Å²) in [4.78, 5) is 25.3. The van der Waals surface area contributed by atoms with E-state index in [9.17, 15) is 9.59 Å². The van der Waals surface area contributed by atoms with Crippen molar-refractivity contribution in [1.82, 2.24) is 9.80 Å². The van der Waals surface area contributed by atoms with Crippen LogP contribution < -0.4 is 0 Å². The molecular weight excluding hydrogens is 168 g/mol. The zero-order valence-electron chi connectivity index (χ0n) is 8.63. The number of hydrogen-bond donors (Lipinski definition) is 0. The highest BCUT2D eigenvalue weighted by Crippen LogP contribution is 2.02. The summed E-state index contributed by atoms with van der Waals surface area (Å²) in [5.74, 6) is -0.910. The average Bonchev–Trinajstić information content (AvgIpc) is 2.02. The maximum Gasteiger partial charge on any atom is 0.289 e. The first-order valence-electron chi connectivity index (χ1n) is 3.95.